The zero-order valence-electron chi connectivity index (χ0n) is 18.2. The summed E-state index contributed by atoms with van der Waals surface area (Å²) in [7, 11) is 1.51. The maximum atomic E-state index is 12.1. The molecule has 0 aliphatic carbocycles. The van der Waals surface area contributed by atoms with Crippen molar-refractivity contribution in [2.75, 3.05) is 20.3 Å². The first kappa shape index (κ1) is 23.7. The lowest BCUT2D eigenvalue weighted by molar-refractivity contribution is -0.129. The number of thioether (sulfide) groups is 1. The lowest BCUT2D eigenvalue weighted by Crippen LogP contribution is -2.25. The highest BCUT2D eigenvalue weighted by Crippen LogP contribution is 2.44. The summed E-state index contributed by atoms with van der Waals surface area (Å²) >= 11 is 7.72. The minimum absolute atomic E-state index is 0.261. The van der Waals surface area contributed by atoms with Crippen LogP contribution in [-0.2, 0) is 9.59 Å². The number of hydrazone groups is 1. The minimum Gasteiger partial charge on any atom is -0.493 e. The number of carbonyl (C=O) groups is 2. The van der Waals surface area contributed by atoms with Gasteiger partial charge in [0.2, 0.25) is 11.8 Å². The summed E-state index contributed by atoms with van der Waals surface area (Å²) in [5.74, 6) is 1.02. The Morgan fingerprint density at radius 2 is 1.94 bits per heavy atom. The number of aryl methyl sites for hydroxylation is 1. The molecule has 3 rings (SSSR count). The number of nitrogens with one attached hydrogen (secondary N) is 1. The molecule has 170 valence electrons. The molecule has 2 aromatic rings. The maximum Gasteiger partial charge on any atom is 0.241 e. The van der Waals surface area contributed by atoms with Crippen molar-refractivity contribution >= 4 is 40.3 Å². The second-order valence-electron chi connectivity index (χ2n) is 6.97. The molecule has 8 nitrogen and oxygen atoms in total. The molecule has 1 N–H and O–H groups in total. The Kier molecular flexibility index (Phi) is 7.87. The fraction of sp³-hybridized carbons (Fsp3) is 0.318. The molecule has 1 atom stereocenters. The molecule has 0 fully saturated rings. The Labute approximate surface area is 195 Å². The number of halogens is 1. The summed E-state index contributed by atoms with van der Waals surface area (Å²) in [4.78, 5) is 23.4. The van der Waals surface area contributed by atoms with Gasteiger partial charge in [-0.3, -0.25) is 9.59 Å². The van der Waals surface area contributed by atoms with Crippen LogP contribution in [-0.4, -0.2) is 42.3 Å². The summed E-state index contributed by atoms with van der Waals surface area (Å²) in [6, 6.07) is 11.2. The first-order chi connectivity index (χ1) is 15.3. The van der Waals surface area contributed by atoms with Crippen molar-refractivity contribution in [3.8, 4) is 17.2 Å². The molecule has 1 aliphatic rings. The van der Waals surface area contributed by atoms with Crippen LogP contribution in [0.15, 0.2) is 41.5 Å². The van der Waals surface area contributed by atoms with Gasteiger partial charge in [-0.05, 0) is 42.3 Å². The first-order valence-electron chi connectivity index (χ1n) is 9.81. The van der Waals surface area contributed by atoms with Gasteiger partial charge in [-0.15, -0.1) is 5.10 Å². The summed E-state index contributed by atoms with van der Waals surface area (Å²) in [6.45, 7) is 5.36. The number of amidine groups is 1. The molecule has 2 amide bonds. The van der Waals surface area contributed by atoms with Crippen LogP contribution >= 0.6 is 23.4 Å². The largest absolute Gasteiger partial charge is 0.493 e. The van der Waals surface area contributed by atoms with Crippen molar-refractivity contribution in [1.29, 1.82) is 0 Å². The predicted octanol–water partition coefficient (Wildman–Crippen LogP) is 4.12. The van der Waals surface area contributed by atoms with Gasteiger partial charge in [0.15, 0.2) is 16.7 Å². The number of amides is 2. The van der Waals surface area contributed by atoms with Crippen LogP contribution in [0.5, 0.6) is 17.2 Å². The molecular formula is C22H24ClN3O5S. The molecule has 0 unspecified atom stereocenters. The molecule has 0 saturated heterocycles. The summed E-state index contributed by atoms with van der Waals surface area (Å²) in [5.41, 5.74) is 1.79. The lowest BCUT2D eigenvalue weighted by Gasteiger charge is -2.21. The highest BCUT2D eigenvalue weighted by Gasteiger charge is 2.33. The average molecular weight is 478 g/mol. The fourth-order valence-corrected chi connectivity index (χ4v) is 4.40. The van der Waals surface area contributed by atoms with Crippen molar-refractivity contribution in [3.05, 3.63) is 52.5 Å². The molecule has 0 saturated carbocycles. The topological polar surface area (TPSA) is 89.5 Å². The van der Waals surface area contributed by atoms with Gasteiger partial charge in [0.25, 0.3) is 0 Å². The summed E-state index contributed by atoms with van der Waals surface area (Å²) < 4.78 is 17.0. The molecule has 0 spiro atoms. The van der Waals surface area contributed by atoms with E-state index in [0.29, 0.717) is 33.9 Å². The zero-order chi connectivity index (χ0) is 23.3. The Hall–Kier alpha value is -2.91. The molecule has 1 aliphatic heterocycles. The van der Waals surface area contributed by atoms with Gasteiger partial charge in [-0.25, -0.2) is 5.01 Å². The van der Waals surface area contributed by atoms with E-state index < -0.39 is 5.37 Å². The number of nitrogens with zero attached hydrogens (tertiary/aromatic N) is 2. The average Bonchev–Trinajstić information content (AvgIpc) is 3.15. The van der Waals surface area contributed by atoms with E-state index in [2.05, 4.69) is 10.4 Å². The Morgan fingerprint density at radius 3 is 2.59 bits per heavy atom. The van der Waals surface area contributed by atoms with Crippen LogP contribution < -0.4 is 19.5 Å². The second kappa shape index (κ2) is 10.6. The number of ether oxygens (including phenoxy) is 3. The number of carbonyl (C=O) groups excluding carboxylic acids is 2. The van der Waals surface area contributed by atoms with Gasteiger partial charge >= 0.3 is 0 Å². The molecule has 0 bridgehead atoms. The molecular weight excluding hydrogens is 454 g/mol. The van der Waals surface area contributed by atoms with Gasteiger partial charge in [0.05, 0.1) is 12.1 Å². The Morgan fingerprint density at radius 1 is 1.19 bits per heavy atom. The Balaban J connectivity index is 1.71. The van der Waals surface area contributed by atoms with Gasteiger partial charge in [-0.1, -0.05) is 35.5 Å². The first-order valence-corrected chi connectivity index (χ1v) is 11.1. The number of rotatable bonds is 7. The molecule has 2 aromatic carbocycles. The number of methoxy groups -OCH3 is 1. The Bertz CT molecular complexity index is 1050. The second-order valence-corrected chi connectivity index (χ2v) is 8.44. The van der Waals surface area contributed by atoms with E-state index in [0.717, 1.165) is 11.3 Å². The third-order valence-electron chi connectivity index (χ3n) is 4.37. The van der Waals surface area contributed by atoms with E-state index in [4.69, 9.17) is 25.8 Å². The summed E-state index contributed by atoms with van der Waals surface area (Å²) in [6.07, 6.45) is 0. The molecule has 1 heterocycles. The van der Waals surface area contributed by atoms with Crippen LogP contribution in [0.3, 0.4) is 0 Å². The third-order valence-corrected chi connectivity index (χ3v) is 5.76. The number of hydrogen-bond donors (Lipinski definition) is 1. The van der Waals surface area contributed by atoms with E-state index in [1.807, 2.05) is 31.2 Å². The van der Waals surface area contributed by atoms with Gasteiger partial charge in [0.1, 0.15) is 24.3 Å². The standard InChI is InChI=1S/C22H24ClN3O5S/c1-13-6-5-7-17(10-13)30-8-9-31-20-18(23)11-16(12-19(20)29-4)21-26(15(3)28)25-22(32-21)24-14(2)27/h5-7,10-12,21H,8-9H2,1-4H3,(H,24,25,27)/t21-/m0/s1. The molecule has 0 radical (unpaired) electrons. The van der Waals surface area contributed by atoms with Gasteiger partial charge in [-0.2, -0.15) is 0 Å². The van der Waals surface area contributed by atoms with Crippen LogP contribution in [0.1, 0.15) is 30.3 Å². The van der Waals surface area contributed by atoms with Gasteiger partial charge < -0.3 is 19.5 Å². The predicted molar refractivity (Wildman–Crippen MR) is 124 cm³/mol. The van der Waals surface area contributed by atoms with E-state index in [9.17, 15) is 9.59 Å². The van der Waals surface area contributed by atoms with Crippen LogP contribution in [0.2, 0.25) is 5.02 Å². The van der Waals surface area contributed by atoms with Crippen molar-refractivity contribution in [3.63, 3.8) is 0 Å². The van der Waals surface area contributed by atoms with E-state index in [1.165, 1.54) is 37.7 Å². The highest BCUT2D eigenvalue weighted by molar-refractivity contribution is 8.14. The monoisotopic (exact) mass is 477 g/mol. The minimum atomic E-state index is -0.501. The maximum absolute atomic E-state index is 12.1. The normalized spacial score (nSPS) is 15.2. The van der Waals surface area contributed by atoms with E-state index >= 15 is 0 Å². The van der Waals surface area contributed by atoms with E-state index in [1.54, 1.807) is 12.1 Å². The van der Waals surface area contributed by atoms with Gasteiger partial charge in [0, 0.05) is 13.8 Å². The third kappa shape index (κ3) is 5.86. The van der Waals surface area contributed by atoms with Crippen molar-refractivity contribution < 1.29 is 23.8 Å². The lowest BCUT2D eigenvalue weighted by atomic mass is 10.2. The molecule has 10 heteroatoms. The van der Waals surface area contributed by atoms with Crippen molar-refractivity contribution in [2.24, 2.45) is 5.10 Å². The zero-order valence-corrected chi connectivity index (χ0v) is 19.7. The number of hydrogen-bond acceptors (Lipinski definition) is 7. The van der Waals surface area contributed by atoms with Crippen molar-refractivity contribution in [1.82, 2.24) is 10.3 Å². The SMILES string of the molecule is COc1cc([C@@H]2SC(NC(C)=O)=NN2C(C)=O)cc(Cl)c1OCCOc1cccc(C)c1. The van der Waals surface area contributed by atoms with E-state index in [-0.39, 0.29) is 18.4 Å². The highest BCUT2D eigenvalue weighted by atomic mass is 35.5. The number of benzene rings is 2. The smallest absolute Gasteiger partial charge is 0.241 e. The summed E-state index contributed by atoms with van der Waals surface area (Å²) in [5, 5.41) is 8.25. The van der Waals surface area contributed by atoms with Crippen LogP contribution in [0.4, 0.5) is 0 Å². The van der Waals surface area contributed by atoms with Crippen molar-refractivity contribution in [2.45, 2.75) is 26.1 Å². The molecule has 32 heavy (non-hydrogen) atoms. The van der Waals surface area contributed by atoms with Crippen LogP contribution in [0, 0.1) is 6.92 Å². The molecule has 0 aromatic heterocycles. The quantitative estimate of drug-likeness (QED) is 0.603. The van der Waals surface area contributed by atoms with Crippen LogP contribution in [0.25, 0.3) is 0 Å². The fourth-order valence-electron chi connectivity index (χ4n) is 3.01.